The van der Waals surface area contributed by atoms with Crippen LogP contribution >= 0.6 is 11.3 Å². The quantitative estimate of drug-likeness (QED) is 0.493. The fourth-order valence-corrected chi connectivity index (χ4v) is 4.61. The smallest absolute Gasteiger partial charge is 0.306 e. The van der Waals surface area contributed by atoms with E-state index < -0.39 is 5.97 Å². The van der Waals surface area contributed by atoms with Crippen LogP contribution in [0.25, 0.3) is 21.2 Å². The molecule has 1 saturated heterocycles. The van der Waals surface area contributed by atoms with Crippen molar-refractivity contribution in [3.8, 4) is 10.9 Å². The highest BCUT2D eigenvalue weighted by molar-refractivity contribution is 7.20. The standard InChI is InChI=1S/C22H20N2O4S/c25-21(26)14-7-9-24(10-8-14)13-17-12-15-11-16(5-6-19(15)27-17)28-22-23-18-3-1-2-4-20(18)29-22/h1-6,11-12,14H,7-10,13H2,(H,25,26). The third-order valence-electron chi connectivity index (χ3n) is 5.33. The van der Waals surface area contributed by atoms with Gasteiger partial charge in [-0.1, -0.05) is 23.5 Å². The summed E-state index contributed by atoms with van der Waals surface area (Å²) in [4.78, 5) is 17.9. The van der Waals surface area contributed by atoms with Gasteiger partial charge in [0.1, 0.15) is 17.1 Å². The third kappa shape index (κ3) is 3.83. The largest absolute Gasteiger partial charge is 0.481 e. The van der Waals surface area contributed by atoms with Crippen molar-refractivity contribution < 1.29 is 19.1 Å². The van der Waals surface area contributed by atoms with E-state index in [4.69, 9.17) is 14.3 Å². The van der Waals surface area contributed by atoms with E-state index >= 15 is 0 Å². The molecule has 1 fully saturated rings. The van der Waals surface area contributed by atoms with E-state index in [2.05, 4.69) is 9.88 Å². The number of fused-ring (bicyclic) bond motifs is 2. The van der Waals surface area contributed by atoms with Crippen molar-refractivity contribution in [2.45, 2.75) is 19.4 Å². The van der Waals surface area contributed by atoms with Crippen molar-refractivity contribution in [3.05, 3.63) is 54.3 Å². The van der Waals surface area contributed by atoms with Crippen LogP contribution in [0.2, 0.25) is 0 Å². The average Bonchev–Trinajstić information content (AvgIpc) is 3.30. The highest BCUT2D eigenvalue weighted by Crippen LogP contribution is 2.33. The molecule has 4 aromatic rings. The molecular formula is C22H20N2O4S. The molecule has 0 aliphatic carbocycles. The Labute approximate surface area is 171 Å². The number of thiazole rings is 1. The lowest BCUT2D eigenvalue weighted by molar-refractivity contribution is -0.143. The van der Waals surface area contributed by atoms with Gasteiger partial charge in [-0.3, -0.25) is 9.69 Å². The summed E-state index contributed by atoms with van der Waals surface area (Å²) in [5.74, 6) is 0.704. The molecule has 6 nitrogen and oxygen atoms in total. The Hall–Kier alpha value is -2.90. The zero-order chi connectivity index (χ0) is 19.8. The van der Waals surface area contributed by atoms with Crippen LogP contribution in [0, 0.1) is 5.92 Å². The van der Waals surface area contributed by atoms with Crippen LogP contribution in [0.15, 0.2) is 52.9 Å². The molecule has 1 N–H and O–H groups in total. The van der Waals surface area contributed by atoms with E-state index in [9.17, 15) is 4.79 Å². The third-order valence-corrected chi connectivity index (χ3v) is 6.25. The minimum atomic E-state index is -0.686. The van der Waals surface area contributed by atoms with Gasteiger partial charge in [0.05, 0.1) is 22.7 Å². The molecule has 0 amide bonds. The van der Waals surface area contributed by atoms with Gasteiger partial charge in [-0.15, -0.1) is 0 Å². The summed E-state index contributed by atoms with van der Waals surface area (Å²) >= 11 is 1.52. The molecule has 0 saturated carbocycles. The van der Waals surface area contributed by atoms with Crippen LogP contribution in [0.5, 0.6) is 10.9 Å². The molecule has 0 unspecified atom stereocenters. The van der Waals surface area contributed by atoms with E-state index in [0.717, 1.165) is 45.8 Å². The van der Waals surface area contributed by atoms with E-state index in [1.807, 2.05) is 48.5 Å². The summed E-state index contributed by atoms with van der Waals surface area (Å²) < 4.78 is 13.0. The summed E-state index contributed by atoms with van der Waals surface area (Å²) in [6, 6.07) is 15.8. The van der Waals surface area contributed by atoms with Gasteiger partial charge < -0.3 is 14.3 Å². The Morgan fingerprint density at radius 1 is 1.21 bits per heavy atom. The van der Waals surface area contributed by atoms with Crippen LogP contribution in [0.1, 0.15) is 18.6 Å². The van der Waals surface area contributed by atoms with Gasteiger partial charge in [0.2, 0.25) is 0 Å². The second kappa shape index (κ2) is 7.50. The SMILES string of the molecule is O=C(O)C1CCN(Cc2cc3cc(Oc4nc5ccccc5s4)ccc3o2)CC1. The zero-order valence-corrected chi connectivity index (χ0v) is 16.5. The first-order valence-electron chi connectivity index (χ1n) is 9.65. The van der Waals surface area contributed by atoms with Gasteiger partial charge in [-0.05, 0) is 62.3 Å². The van der Waals surface area contributed by atoms with Crippen molar-refractivity contribution in [2.75, 3.05) is 13.1 Å². The maximum atomic E-state index is 11.1. The minimum absolute atomic E-state index is 0.218. The number of benzene rings is 2. The molecule has 0 atom stereocenters. The number of likely N-dealkylation sites (tertiary alicyclic amines) is 1. The summed E-state index contributed by atoms with van der Waals surface area (Å²) in [6.45, 7) is 2.25. The lowest BCUT2D eigenvalue weighted by atomic mass is 9.97. The first kappa shape index (κ1) is 18.1. The van der Waals surface area contributed by atoms with Gasteiger partial charge in [-0.2, -0.15) is 0 Å². The topological polar surface area (TPSA) is 75.8 Å². The number of ether oxygens (including phenoxy) is 1. The lowest BCUT2D eigenvalue weighted by Crippen LogP contribution is -2.35. The molecule has 2 aromatic carbocycles. The van der Waals surface area contributed by atoms with E-state index in [0.29, 0.717) is 24.6 Å². The predicted octanol–water partition coefficient (Wildman–Crippen LogP) is 5.13. The van der Waals surface area contributed by atoms with Crippen LogP contribution in [-0.2, 0) is 11.3 Å². The Balaban J connectivity index is 1.29. The molecule has 0 radical (unpaired) electrons. The lowest BCUT2D eigenvalue weighted by Gasteiger charge is -2.29. The monoisotopic (exact) mass is 408 g/mol. The molecule has 1 aliphatic rings. The van der Waals surface area contributed by atoms with Crippen molar-refractivity contribution in [1.29, 1.82) is 0 Å². The summed E-state index contributed by atoms with van der Waals surface area (Å²) in [5.41, 5.74) is 1.75. The fourth-order valence-electron chi connectivity index (χ4n) is 3.77. The first-order chi connectivity index (χ1) is 14.1. The van der Waals surface area contributed by atoms with Crippen LogP contribution in [0.4, 0.5) is 0 Å². The molecule has 7 heteroatoms. The molecular weight excluding hydrogens is 388 g/mol. The van der Waals surface area contributed by atoms with E-state index in [-0.39, 0.29) is 5.92 Å². The molecule has 2 aromatic heterocycles. The number of para-hydroxylation sites is 1. The second-order valence-corrected chi connectivity index (χ2v) is 8.34. The number of nitrogens with zero attached hydrogens (tertiary/aromatic N) is 2. The number of carboxylic acid groups (broad SMARTS) is 1. The summed E-state index contributed by atoms with van der Waals surface area (Å²) in [6.07, 6.45) is 1.38. The van der Waals surface area contributed by atoms with Crippen LogP contribution < -0.4 is 4.74 Å². The van der Waals surface area contributed by atoms with Gasteiger partial charge >= 0.3 is 5.97 Å². The van der Waals surface area contributed by atoms with Gasteiger partial charge in [0.15, 0.2) is 0 Å². The Morgan fingerprint density at radius 2 is 2.03 bits per heavy atom. The fraction of sp³-hybridized carbons (Fsp3) is 0.273. The number of rotatable bonds is 5. The molecule has 5 rings (SSSR count). The van der Waals surface area contributed by atoms with Gasteiger partial charge in [0.25, 0.3) is 5.19 Å². The predicted molar refractivity (Wildman–Crippen MR) is 112 cm³/mol. The maximum absolute atomic E-state index is 11.1. The number of aromatic nitrogens is 1. The highest BCUT2D eigenvalue weighted by Gasteiger charge is 2.25. The molecule has 1 aliphatic heterocycles. The maximum Gasteiger partial charge on any atom is 0.306 e. The molecule has 148 valence electrons. The zero-order valence-electron chi connectivity index (χ0n) is 15.7. The van der Waals surface area contributed by atoms with E-state index in [1.165, 1.54) is 11.3 Å². The molecule has 0 bridgehead atoms. The number of carbonyl (C=O) groups is 1. The first-order valence-corrected chi connectivity index (χ1v) is 10.5. The molecule has 3 heterocycles. The number of furan rings is 1. The number of hydrogen-bond acceptors (Lipinski definition) is 6. The van der Waals surface area contributed by atoms with Crippen molar-refractivity contribution in [2.24, 2.45) is 5.92 Å². The Kier molecular flexibility index (Phi) is 4.69. The van der Waals surface area contributed by atoms with Gasteiger partial charge in [-0.25, -0.2) is 4.98 Å². The normalized spacial score (nSPS) is 15.9. The average molecular weight is 408 g/mol. The van der Waals surface area contributed by atoms with Crippen LogP contribution in [0.3, 0.4) is 0 Å². The summed E-state index contributed by atoms with van der Waals surface area (Å²) in [5, 5.41) is 10.7. The molecule has 0 spiro atoms. The second-order valence-electron chi connectivity index (χ2n) is 7.35. The van der Waals surface area contributed by atoms with Crippen molar-refractivity contribution in [1.82, 2.24) is 9.88 Å². The van der Waals surface area contributed by atoms with Crippen molar-refractivity contribution in [3.63, 3.8) is 0 Å². The Bertz CT molecular complexity index is 1140. The van der Waals surface area contributed by atoms with Crippen LogP contribution in [-0.4, -0.2) is 34.0 Å². The van der Waals surface area contributed by atoms with Gasteiger partial charge in [0, 0.05) is 5.39 Å². The number of aliphatic carboxylic acids is 1. The number of piperidine rings is 1. The highest BCUT2D eigenvalue weighted by atomic mass is 32.1. The van der Waals surface area contributed by atoms with Crippen molar-refractivity contribution >= 4 is 38.5 Å². The number of carboxylic acids is 1. The minimum Gasteiger partial charge on any atom is -0.481 e. The Morgan fingerprint density at radius 3 is 2.83 bits per heavy atom. The van der Waals surface area contributed by atoms with E-state index in [1.54, 1.807) is 0 Å². The molecule has 29 heavy (non-hydrogen) atoms. The number of hydrogen-bond donors (Lipinski definition) is 1. The summed E-state index contributed by atoms with van der Waals surface area (Å²) in [7, 11) is 0.